The number of amides is 1. The summed E-state index contributed by atoms with van der Waals surface area (Å²) in [4.78, 5) is 28.1. The zero-order valence-corrected chi connectivity index (χ0v) is 16.1. The molecule has 0 fully saturated rings. The van der Waals surface area contributed by atoms with Gasteiger partial charge in [0.2, 0.25) is 0 Å². The fourth-order valence-corrected chi connectivity index (χ4v) is 3.33. The Labute approximate surface area is 165 Å². The summed E-state index contributed by atoms with van der Waals surface area (Å²) in [5, 5.41) is 11.2. The summed E-state index contributed by atoms with van der Waals surface area (Å²) in [5.74, 6) is 0.0349. The Morgan fingerprint density at radius 1 is 1.17 bits per heavy atom. The van der Waals surface area contributed by atoms with Crippen LogP contribution in [-0.2, 0) is 19.4 Å². The Morgan fingerprint density at radius 2 is 2.00 bits per heavy atom. The van der Waals surface area contributed by atoms with E-state index in [2.05, 4.69) is 31.3 Å². The van der Waals surface area contributed by atoms with E-state index in [1.807, 2.05) is 24.4 Å². The lowest BCUT2D eigenvalue weighted by molar-refractivity contribution is 0.0945. The van der Waals surface area contributed by atoms with Gasteiger partial charge in [0.1, 0.15) is 22.7 Å². The molecule has 0 atom stereocenters. The van der Waals surface area contributed by atoms with Crippen molar-refractivity contribution in [2.24, 2.45) is 0 Å². The van der Waals surface area contributed by atoms with E-state index >= 15 is 0 Å². The minimum atomic E-state index is -0.647. The summed E-state index contributed by atoms with van der Waals surface area (Å²) in [6, 6.07) is 9.80. The number of rotatable bonds is 6. The first-order valence-corrected chi connectivity index (χ1v) is 9.28. The Morgan fingerprint density at radius 3 is 2.76 bits per heavy atom. The number of hydrogen-bond donors (Lipinski definition) is 2. The first-order chi connectivity index (χ1) is 14.0. The molecule has 29 heavy (non-hydrogen) atoms. The second kappa shape index (κ2) is 7.75. The van der Waals surface area contributed by atoms with Crippen molar-refractivity contribution in [2.45, 2.75) is 33.2 Å². The molecule has 0 unspecified atom stereocenters. The standard InChI is InChI=1S/C21H20N4O4/c1-12-9-15(8-7-14-10-22-17-6-4-3-5-16(14)17)28-21(27)19(12)20(26)23-11-18-13(2)24-29-25-18/h3-6,9-10,22H,7-8,11H2,1-2H3,(H,23,26). The number of nitrogens with zero attached hydrogens (tertiary/aromatic N) is 2. The number of hydrogen-bond acceptors (Lipinski definition) is 6. The highest BCUT2D eigenvalue weighted by Crippen LogP contribution is 2.19. The van der Waals surface area contributed by atoms with Crippen LogP contribution in [0.2, 0.25) is 0 Å². The molecule has 1 amide bonds. The van der Waals surface area contributed by atoms with E-state index in [0.29, 0.717) is 29.1 Å². The molecule has 0 spiro atoms. The van der Waals surface area contributed by atoms with Crippen molar-refractivity contribution in [3.63, 3.8) is 0 Å². The van der Waals surface area contributed by atoms with E-state index in [4.69, 9.17) is 4.42 Å². The predicted molar refractivity (Wildman–Crippen MR) is 106 cm³/mol. The molecule has 0 saturated carbocycles. The van der Waals surface area contributed by atoms with E-state index in [-0.39, 0.29) is 12.1 Å². The molecule has 4 rings (SSSR count). The van der Waals surface area contributed by atoms with Gasteiger partial charge in [0.25, 0.3) is 5.91 Å². The number of benzene rings is 1. The van der Waals surface area contributed by atoms with Gasteiger partial charge in [0, 0.05) is 23.5 Å². The maximum atomic E-state index is 12.4. The third-order valence-corrected chi connectivity index (χ3v) is 4.91. The molecule has 148 valence electrons. The lowest BCUT2D eigenvalue weighted by atomic mass is 10.1. The molecule has 0 saturated heterocycles. The number of carbonyl (C=O) groups is 1. The summed E-state index contributed by atoms with van der Waals surface area (Å²) >= 11 is 0. The van der Waals surface area contributed by atoms with Crippen molar-refractivity contribution >= 4 is 16.8 Å². The molecule has 0 aliphatic heterocycles. The molecule has 0 bridgehead atoms. The van der Waals surface area contributed by atoms with E-state index in [1.165, 1.54) is 0 Å². The zero-order valence-electron chi connectivity index (χ0n) is 16.1. The van der Waals surface area contributed by atoms with Crippen molar-refractivity contribution in [1.29, 1.82) is 0 Å². The fraction of sp³-hybridized carbons (Fsp3) is 0.238. The number of aromatic amines is 1. The first kappa shape index (κ1) is 18.7. The van der Waals surface area contributed by atoms with Crippen LogP contribution in [0.15, 0.2) is 50.4 Å². The van der Waals surface area contributed by atoms with E-state index < -0.39 is 11.5 Å². The van der Waals surface area contributed by atoms with Gasteiger partial charge in [-0.05, 0) is 43.5 Å². The lowest BCUT2D eigenvalue weighted by Crippen LogP contribution is -2.29. The van der Waals surface area contributed by atoms with Crippen molar-refractivity contribution in [3.05, 3.63) is 80.8 Å². The van der Waals surface area contributed by atoms with Crippen LogP contribution in [0.3, 0.4) is 0 Å². The van der Waals surface area contributed by atoms with Gasteiger partial charge < -0.3 is 14.7 Å². The summed E-state index contributed by atoms with van der Waals surface area (Å²) in [6.07, 6.45) is 3.25. The van der Waals surface area contributed by atoms with Gasteiger partial charge in [0.05, 0.1) is 6.54 Å². The van der Waals surface area contributed by atoms with E-state index in [1.54, 1.807) is 19.9 Å². The van der Waals surface area contributed by atoms with Crippen LogP contribution >= 0.6 is 0 Å². The van der Waals surface area contributed by atoms with Crippen molar-refractivity contribution in [1.82, 2.24) is 20.6 Å². The fourth-order valence-electron chi connectivity index (χ4n) is 3.33. The van der Waals surface area contributed by atoms with Gasteiger partial charge in [-0.15, -0.1) is 0 Å². The third-order valence-electron chi connectivity index (χ3n) is 4.91. The molecule has 2 N–H and O–H groups in total. The quantitative estimate of drug-likeness (QED) is 0.521. The Balaban J connectivity index is 1.47. The summed E-state index contributed by atoms with van der Waals surface area (Å²) in [6.45, 7) is 3.57. The van der Waals surface area contributed by atoms with Gasteiger partial charge >= 0.3 is 5.63 Å². The van der Waals surface area contributed by atoms with Crippen LogP contribution in [0.1, 0.15) is 38.6 Å². The van der Waals surface area contributed by atoms with Crippen LogP contribution in [0.4, 0.5) is 0 Å². The Hall–Kier alpha value is -3.68. The smallest absolute Gasteiger partial charge is 0.349 e. The van der Waals surface area contributed by atoms with Gasteiger partial charge in [-0.2, -0.15) is 0 Å². The van der Waals surface area contributed by atoms with Gasteiger partial charge in [-0.1, -0.05) is 28.5 Å². The van der Waals surface area contributed by atoms with Crippen LogP contribution in [0, 0.1) is 13.8 Å². The highest BCUT2D eigenvalue weighted by atomic mass is 16.6. The molecule has 0 radical (unpaired) electrons. The summed E-state index contributed by atoms with van der Waals surface area (Å²) in [5.41, 5.74) is 3.24. The largest absolute Gasteiger partial charge is 0.427 e. The molecule has 1 aromatic carbocycles. The minimum absolute atomic E-state index is 0.00467. The Bertz CT molecular complexity index is 1230. The second-order valence-corrected chi connectivity index (χ2v) is 6.90. The minimum Gasteiger partial charge on any atom is -0.427 e. The summed E-state index contributed by atoms with van der Waals surface area (Å²) in [7, 11) is 0. The third kappa shape index (κ3) is 3.82. The number of para-hydroxylation sites is 1. The van der Waals surface area contributed by atoms with Gasteiger partial charge in [-0.3, -0.25) is 4.79 Å². The average Bonchev–Trinajstić information content (AvgIpc) is 3.30. The number of carbonyl (C=O) groups excluding carboxylic acids is 1. The zero-order chi connectivity index (χ0) is 20.4. The second-order valence-electron chi connectivity index (χ2n) is 6.90. The lowest BCUT2D eigenvalue weighted by Gasteiger charge is -2.07. The topological polar surface area (TPSA) is 114 Å². The molecule has 3 aromatic heterocycles. The van der Waals surface area contributed by atoms with Crippen LogP contribution in [0.25, 0.3) is 10.9 Å². The summed E-state index contributed by atoms with van der Waals surface area (Å²) < 4.78 is 10.0. The van der Waals surface area contributed by atoms with Gasteiger partial charge in [0.15, 0.2) is 0 Å². The molecule has 3 heterocycles. The molecule has 4 aromatic rings. The molecular formula is C21H20N4O4. The predicted octanol–water partition coefficient (Wildman–Crippen LogP) is 2.84. The number of fused-ring (bicyclic) bond motifs is 1. The van der Waals surface area contributed by atoms with E-state index in [0.717, 1.165) is 22.9 Å². The number of H-pyrrole nitrogens is 1. The maximum absolute atomic E-state index is 12.4. The normalized spacial score (nSPS) is 11.1. The van der Waals surface area contributed by atoms with Gasteiger partial charge in [-0.25, -0.2) is 9.42 Å². The Kier molecular flexibility index (Phi) is 4.99. The maximum Gasteiger partial charge on any atom is 0.349 e. The van der Waals surface area contributed by atoms with E-state index in [9.17, 15) is 9.59 Å². The number of aryl methyl sites for hydroxylation is 4. The van der Waals surface area contributed by atoms with Crippen molar-refractivity contribution < 1.29 is 13.8 Å². The molecule has 8 nitrogen and oxygen atoms in total. The molecule has 0 aliphatic carbocycles. The molecular weight excluding hydrogens is 372 g/mol. The van der Waals surface area contributed by atoms with Crippen LogP contribution < -0.4 is 10.9 Å². The van der Waals surface area contributed by atoms with Crippen molar-refractivity contribution in [2.75, 3.05) is 0 Å². The average molecular weight is 392 g/mol. The van der Waals surface area contributed by atoms with Crippen molar-refractivity contribution in [3.8, 4) is 0 Å². The molecule has 8 heteroatoms. The highest BCUT2D eigenvalue weighted by molar-refractivity contribution is 5.95. The first-order valence-electron chi connectivity index (χ1n) is 9.28. The SMILES string of the molecule is Cc1cc(CCc2c[nH]c3ccccc23)oc(=O)c1C(=O)NCc1nonc1C. The number of aromatic nitrogens is 3. The number of nitrogens with one attached hydrogen (secondary N) is 2. The monoisotopic (exact) mass is 392 g/mol. The highest BCUT2D eigenvalue weighted by Gasteiger charge is 2.18. The van der Waals surface area contributed by atoms with Crippen LogP contribution in [0.5, 0.6) is 0 Å². The molecule has 0 aliphatic rings. The van der Waals surface area contributed by atoms with Crippen LogP contribution in [-0.4, -0.2) is 21.2 Å².